The summed E-state index contributed by atoms with van der Waals surface area (Å²) in [4.78, 5) is 0. The van der Waals surface area contributed by atoms with Gasteiger partial charge in [-0.05, 0) is 17.5 Å². The molecule has 18 heavy (non-hydrogen) atoms. The van der Waals surface area contributed by atoms with E-state index in [2.05, 4.69) is 0 Å². The van der Waals surface area contributed by atoms with E-state index in [1.165, 1.54) is 12.1 Å². The van der Waals surface area contributed by atoms with Crippen molar-refractivity contribution in [2.45, 2.75) is 6.42 Å². The van der Waals surface area contributed by atoms with Crippen molar-refractivity contribution in [3.05, 3.63) is 65.7 Å². The average Bonchev–Trinajstić information content (AvgIpc) is 2.29. The van der Waals surface area contributed by atoms with Gasteiger partial charge < -0.3 is 12.9 Å². The Bertz CT molecular complexity index is 497. The Morgan fingerprint density at radius 1 is 0.778 bits per heavy atom. The van der Waals surface area contributed by atoms with Crippen LogP contribution in [0.3, 0.4) is 0 Å². The largest absolute Gasteiger partial charge is 1.00 e. The van der Waals surface area contributed by atoms with Crippen molar-refractivity contribution in [1.29, 1.82) is 0 Å². The number of rotatable bonds is 3. The van der Waals surface area contributed by atoms with Gasteiger partial charge in [0, 0.05) is 0 Å². The second-order valence-corrected chi connectivity index (χ2v) is 3.98. The van der Waals surface area contributed by atoms with Gasteiger partial charge in [-0.25, -0.2) is 0 Å². The van der Waals surface area contributed by atoms with E-state index in [9.17, 15) is 12.9 Å². The molecule has 0 N–H and O–H groups in total. The zero-order valence-corrected chi connectivity index (χ0v) is 13.2. The van der Waals surface area contributed by atoms with Gasteiger partial charge in [0.05, 0.1) is 0 Å². The molecule has 2 aromatic rings. The minimum atomic E-state index is -4.91. The van der Waals surface area contributed by atoms with Gasteiger partial charge in [-0.3, -0.25) is 0 Å². The van der Waals surface area contributed by atoms with E-state index in [-0.39, 0.29) is 51.4 Å². The Labute approximate surface area is 147 Å². The Kier molecular flexibility index (Phi) is 6.14. The van der Waals surface area contributed by atoms with Crippen molar-refractivity contribution in [3.63, 3.8) is 0 Å². The van der Waals surface area contributed by atoms with Crippen LogP contribution in [0.2, 0.25) is 0 Å². The third-order valence-electron chi connectivity index (χ3n) is 2.58. The number of benzene rings is 2. The maximum atomic E-state index is 12.6. The summed E-state index contributed by atoms with van der Waals surface area (Å²) in [5.41, 5.74) is 1.17. The number of hydrogen-bond acceptors (Lipinski definition) is 0. The van der Waals surface area contributed by atoms with Gasteiger partial charge in [0.15, 0.2) is 0 Å². The summed E-state index contributed by atoms with van der Waals surface area (Å²) in [5, 5.41) is 0. The SMILES string of the molecule is F[B-](F)(F)c1cccc(Cc2ccccc2)c1.[K+]. The first kappa shape index (κ1) is 16.0. The van der Waals surface area contributed by atoms with Crippen LogP contribution >= 0.6 is 0 Å². The van der Waals surface area contributed by atoms with E-state index >= 15 is 0 Å². The zero-order chi connectivity index (χ0) is 12.3. The first-order valence-electron chi connectivity index (χ1n) is 5.38. The standard InChI is InChI=1S/C13H11BF3.K/c15-14(16,17)13-8-4-7-12(10-13)9-11-5-2-1-3-6-11;/h1-8,10H,9H2;/q-1;+1. The Hall–Kier alpha value is -0.0687. The molecule has 0 atom stereocenters. The minimum Gasteiger partial charge on any atom is -0.445 e. The zero-order valence-electron chi connectivity index (χ0n) is 10.1. The van der Waals surface area contributed by atoms with Crippen LogP contribution in [-0.2, 0) is 6.42 Å². The summed E-state index contributed by atoms with van der Waals surface area (Å²) in [6, 6.07) is 15.0. The van der Waals surface area contributed by atoms with Crippen LogP contribution in [0.1, 0.15) is 11.1 Å². The molecule has 0 amide bonds. The van der Waals surface area contributed by atoms with Gasteiger partial charge in [0.25, 0.3) is 0 Å². The van der Waals surface area contributed by atoms with Crippen molar-refractivity contribution in [2.75, 3.05) is 0 Å². The molecular formula is C13H11BF3K. The monoisotopic (exact) mass is 274 g/mol. The van der Waals surface area contributed by atoms with Crippen LogP contribution in [-0.4, -0.2) is 6.98 Å². The van der Waals surface area contributed by atoms with Gasteiger partial charge in [0.1, 0.15) is 0 Å². The molecule has 0 aromatic heterocycles. The van der Waals surface area contributed by atoms with Crippen molar-refractivity contribution in [1.82, 2.24) is 0 Å². The molecule has 2 aromatic carbocycles. The van der Waals surface area contributed by atoms with Crippen molar-refractivity contribution in [2.24, 2.45) is 0 Å². The van der Waals surface area contributed by atoms with E-state index in [0.29, 0.717) is 12.0 Å². The van der Waals surface area contributed by atoms with E-state index in [1.807, 2.05) is 30.3 Å². The van der Waals surface area contributed by atoms with E-state index < -0.39 is 12.4 Å². The van der Waals surface area contributed by atoms with Crippen LogP contribution in [0.15, 0.2) is 54.6 Å². The molecule has 0 aliphatic rings. The second-order valence-electron chi connectivity index (χ2n) is 3.98. The summed E-state index contributed by atoms with van der Waals surface area (Å²) in [6.07, 6.45) is 0.529. The van der Waals surface area contributed by atoms with Crippen molar-refractivity contribution < 1.29 is 64.3 Å². The summed E-state index contributed by atoms with van der Waals surface area (Å²) < 4.78 is 37.7. The average molecular weight is 274 g/mol. The van der Waals surface area contributed by atoms with Gasteiger partial charge in [-0.15, -0.1) is 5.46 Å². The Balaban J connectivity index is 0.00000162. The Morgan fingerprint density at radius 2 is 1.39 bits per heavy atom. The second kappa shape index (κ2) is 6.91. The van der Waals surface area contributed by atoms with Crippen molar-refractivity contribution in [3.8, 4) is 0 Å². The summed E-state index contributed by atoms with van der Waals surface area (Å²) in [6.45, 7) is -4.91. The molecule has 88 valence electrons. The van der Waals surface area contributed by atoms with E-state index in [0.717, 1.165) is 11.6 Å². The van der Waals surface area contributed by atoms with Crippen LogP contribution in [0.4, 0.5) is 12.9 Å². The maximum absolute atomic E-state index is 12.6. The first-order chi connectivity index (χ1) is 8.05. The Morgan fingerprint density at radius 3 is 2.00 bits per heavy atom. The third-order valence-corrected chi connectivity index (χ3v) is 2.58. The van der Waals surface area contributed by atoms with Crippen molar-refractivity contribution >= 4 is 12.4 Å². The molecular weight excluding hydrogens is 263 g/mol. The molecule has 0 radical (unpaired) electrons. The van der Waals surface area contributed by atoms with E-state index in [1.54, 1.807) is 6.07 Å². The fraction of sp³-hybridized carbons (Fsp3) is 0.0769. The maximum Gasteiger partial charge on any atom is 1.00 e. The molecule has 0 saturated carbocycles. The van der Waals surface area contributed by atoms with Gasteiger partial charge in [0.2, 0.25) is 0 Å². The quantitative estimate of drug-likeness (QED) is 0.708. The summed E-state index contributed by atoms with van der Waals surface area (Å²) >= 11 is 0. The third kappa shape index (κ3) is 4.55. The van der Waals surface area contributed by atoms with Crippen LogP contribution in [0.5, 0.6) is 0 Å². The normalized spacial score (nSPS) is 10.8. The molecule has 5 heteroatoms. The predicted octanol–water partition coefficient (Wildman–Crippen LogP) is 0.336. The molecule has 0 aliphatic heterocycles. The molecule has 0 heterocycles. The number of hydrogen-bond donors (Lipinski definition) is 0. The fourth-order valence-corrected chi connectivity index (χ4v) is 1.74. The topological polar surface area (TPSA) is 0 Å². The van der Waals surface area contributed by atoms with Gasteiger partial charge in [-0.1, -0.05) is 54.6 Å². The summed E-state index contributed by atoms with van der Waals surface area (Å²) in [7, 11) is 0. The molecule has 0 saturated heterocycles. The molecule has 0 spiro atoms. The van der Waals surface area contributed by atoms with Crippen LogP contribution in [0, 0.1) is 0 Å². The minimum absolute atomic E-state index is 0. The van der Waals surface area contributed by atoms with Gasteiger partial charge >= 0.3 is 58.4 Å². The number of halogens is 3. The molecule has 0 unspecified atom stereocenters. The van der Waals surface area contributed by atoms with Gasteiger partial charge in [-0.2, -0.15) is 0 Å². The van der Waals surface area contributed by atoms with E-state index in [4.69, 9.17) is 0 Å². The molecule has 2 rings (SSSR count). The molecule has 0 aliphatic carbocycles. The molecule has 0 nitrogen and oxygen atoms in total. The van der Waals surface area contributed by atoms with Crippen LogP contribution < -0.4 is 56.8 Å². The van der Waals surface area contributed by atoms with Crippen LogP contribution in [0.25, 0.3) is 0 Å². The predicted molar refractivity (Wildman–Crippen MR) is 64.4 cm³/mol. The molecule has 0 bridgehead atoms. The fourth-order valence-electron chi connectivity index (χ4n) is 1.74. The molecule has 0 fully saturated rings. The smallest absolute Gasteiger partial charge is 0.445 e. The first-order valence-corrected chi connectivity index (χ1v) is 5.38. The summed E-state index contributed by atoms with van der Waals surface area (Å²) in [5.74, 6) is 0.